The number of esters is 1. The van der Waals surface area contributed by atoms with Gasteiger partial charge in [0.2, 0.25) is 0 Å². The van der Waals surface area contributed by atoms with Gasteiger partial charge in [0.15, 0.2) is 11.4 Å². The van der Waals surface area contributed by atoms with Gasteiger partial charge in [-0.15, -0.1) is 0 Å². The molecule has 0 fully saturated rings. The zero-order valence-electron chi connectivity index (χ0n) is 12.6. The first kappa shape index (κ1) is 15.7. The molecular weight excluding hydrogens is 238 g/mol. The Kier molecular flexibility index (Phi) is 6.03. The fraction of sp³-hybridized carbons (Fsp3) is 0.562. The van der Waals surface area contributed by atoms with E-state index in [-0.39, 0.29) is 5.97 Å². The van der Waals surface area contributed by atoms with Gasteiger partial charge in [-0.05, 0) is 12.5 Å². The van der Waals surface area contributed by atoms with E-state index >= 15 is 0 Å². The predicted molar refractivity (Wildman–Crippen MR) is 80.4 cm³/mol. The fourth-order valence-electron chi connectivity index (χ4n) is 1.97. The molecule has 0 bridgehead atoms. The molecule has 0 unspecified atom stereocenters. The normalized spacial score (nSPS) is 11.4. The minimum absolute atomic E-state index is 0.128. The van der Waals surface area contributed by atoms with E-state index in [0.29, 0.717) is 16.7 Å². The van der Waals surface area contributed by atoms with E-state index in [1.54, 1.807) is 0 Å². The van der Waals surface area contributed by atoms with E-state index in [0.717, 1.165) is 18.5 Å². The maximum atomic E-state index is 11.8. The van der Waals surface area contributed by atoms with Crippen molar-refractivity contribution in [2.75, 3.05) is 21.1 Å². The van der Waals surface area contributed by atoms with Crippen molar-refractivity contribution in [2.45, 2.75) is 39.0 Å². The van der Waals surface area contributed by atoms with Gasteiger partial charge in [0.25, 0.3) is 0 Å². The highest BCUT2D eigenvalue weighted by Gasteiger charge is 2.19. The van der Waals surface area contributed by atoms with Crippen molar-refractivity contribution in [1.29, 1.82) is 0 Å². The van der Waals surface area contributed by atoms with Crippen LogP contribution in [0.25, 0.3) is 0 Å². The highest BCUT2D eigenvalue weighted by Crippen LogP contribution is 2.30. The molecular formula is C16H26NO2+. The van der Waals surface area contributed by atoms with Crippen LogP contribution in [0.3, 0.4) is 0 Å². The molecule has 0 saturated heterocycles. The minimum Gasteiger partial charge on any atom is -0.420 e. The molecule has 19 heavy (non-hydrogen) atoms. The monoisotopic (exact) mass is 264 g/mol. The lowest BCUT2D eigenvalue weighted by atomic mass is 10.1. The van der Waals surface area contributed by atoms with Crippen molar-refractivity contribution < 1.29 is 9.53 Å². The number of hydrogen-bond donors (Lipinski definition) is 0. The number of benzene rings is 1. The van der Waals surface area contributed by atoms with Crippen LogP contribution in [0.5, 0.6) is 5.75 Å². The van der Waals surface area contributed by atoms with Crippen LogP contribution in [-0.4, -0.2) is 27.1 Å². The highest BCUT2D eigenvalue weighted by atomic mass is 16.5. The third kappa shape index (κ3) is 5.43. The number of para-hydroxylation sites is 2. The molecule has 0 N–H and O–H groups in total. The minimum atomic E-state index is -0.128. The molecule has 0 aliphatic heterocycles. The largest absolute Gasteiger partial charge is 0.420 e. The van der Waals surface area contributed by atoms with Gasteiger partial charge in [0.1, 0.15) is 0 Å². The van der Waals surface area contributed by atoms with E-state index in [2.05, 4.69) is 28.1 Å². The van der Waals surface area contributed by atoms with Crippen molar-refractivity contribution in [3.05, 3.63) is 24.3 Å². The van der Waals surface area contributed by atoms with Crippen molar-refractivity contribution in [3.63, 3.8) is 0 Å². The van der Waals surface area contributed by atoms with Crippen LogP contribution in [0.15, 0.2) is 24.3 Å². The van der Waals surface area contributed by atoms with Crippen LogP contribution in [0.2, 0.25) is 0 Å². The van der Waals surface area contributed by atoms with E-state index < -0.39 is 0 Å². The molecule has 0 heterocycles. The number of quaternary nitrogens is 1. The van der Waals surface area contributed by atoms with Crippen molar-refractivity contribution in [1.82, 2.24) is 4.48 Å². The summed E-state index contributed by atoms with van der Waals surface area (Å²) >= 11 is 0. The van der Waals surface area contributed by atoms with Gasteiger partial charge in [0, 0.05) is 12.5 Å². The van der Waals surface area contributed by atoms with Crippen molar-refractivity contribution in [2.24, 2.45) is 0 Å². The number of rotatable bonds is 7. The van der Waals surface area contributed by atoms with Gasteiger partial charge in [-0.1, -0.05) is 38.3 Å². The zero-order chi connectivity index (χ0) is 14.3. The van der Waals surface area contributed by atoms with Crippen molar-refractivity contribution >= 4 is 11.7 Å². The van der Waals surface area contributed by atoms with Gasteiger partial charge in [0.05, 0.1) is 21.1 Å². The SMILES string of the molecule is CCCCCCC(=O)Oc1ccccc1[N+](C)(C)C. The first-order chi connectivity index (χ1) is 8.95. The van der Waals surface area contributed by atoms with Crippen LogP contribution < -0.4 is 9.22 Å². The van der Waals surface area contributed by atoms with Crippen LogP contribution in [-0.2, 0) is 4.79 Å². The van der Waals surface area contributed by atoms with E-state index in [1.807, 2.05) is 24.3 Å². The molecule has 106 valence electrons. The maximum Gasteiger partial charge on any atom is 0.311 e. The molecule has 0 spiro atoms. The van der Waals surface area contributed by atoms with Crippen molar-refractivity contribution in [3.8, 4) is 5.75 Å². The number of unbranched alkanes of at least 4 members (excludes halogenated alkanes) is 3. The summed E-state index contributed by atoms with van der Waals surface area (Å²) in [6.45, 7) is 2.16. The summed E-state index contributed by atoms with van der Waals surface area (Å²) in [5, 5.41) is 0. The van der Waals surface area contributed by atoms with E-state index in [4.69, 9.17) is 4.74 Å². The van der Waals surface area contributed by atoms with Crippen LogP contribution in [0.4, 0.5) is 5.69 Å². The number of ether oxygens (including phenoxy) is 1. The molecule has 1 aromatic carbocycles. The summed E-state index contributed by atoms with van der Waals surface area (Å²) in [4.78, 5) is 11.8. The predicted octanol–water partition coefficient (Wildman–Crippen LogP) is 3.76. The Balaban J connectivity index is 2.59. The summed E-state index contributed by atoms with van der Waals surface area (Å²) < 4.78 is 6.14. The summed E-state index contributed by atoms with van der Waals surface area (Å²) in [5.74, 6) is 0.549. The molecule has 1 rings (SSSR count). The highest BCUT2D eigenvalue weighted by molar-refractivity contribution is 5.74. The third-order valence-electron chi connectivity index (χ3n) is 3.05. The second kappa shape index (κ2) is 7.29. The molecule has 0 aliphatic rings. The lowest BCUT2D eigenvalue weighted by Gasteiger charge is -2.25. The third-order valence-corrected chi connectivity index (χ3v) is 3.05. The Morgan fingerprint density at radius 3 is 2.42 bits per heavy atom. The number of nitrogens with zero attached hydrogens (tertiary/aromatic N) is 1. The molecule has 0 amide bonds. The summed E-state index contributed by atoms with van der Waals surface area (Å²) in [7, 11) is 6.19. The maximum absolute atomic E-state index is 11.8. The van der Waals surface area contributed by atoms with E-state index in [1.165, 1.54) is 12.8 Å². The lowest BCUT2D eigenvalue weighted by molar-refractivity contribution is -0.134. The number of carbonyl (C=O) groups is 1. The molecule has 0 aliphatic carbocycles. The molecule has 0 radical (unpaired) electrons. The quantitative estimate of drug-likeness (QED) is 0.324. The Labute approximate surface area is 116 Å². The number of carbonyl (C=O) groups excluding carboxylic acids is 1. The topological polar surface area (TPSA) is 26.3 Å². The Hall–Kier alpha value is -1.35. The van der Waals surface area contributed by atoms with Gasteiger partial charge in [-0.2, -0.15) is 0 Å². The lowest BCUT2D eigenvalue weighted by Crippen LogP contribution is -2.35. The average Bonchev–Trinajstić information content (AvgIpc) is 2.34. The summed E-state index contributed by atoms with van der Waals surface area (Å²) in [5.41, 5.74) is 1.02. The molecule has 0 saturated carbocycles. The second-order valence-electron chi connectivity index (χ2n) is 5.76. The van der Waals surface area contributed by atoms with Crippen LogP contribution in [0, 0.1) is 0 Å². The molecule has 0 atom stereocenters. The smallest absolute Gasteiger partial charge is 0.311 e. The zero-order valence-corrected chi connectivity index (χ0v) is 12.6. The summed E-state index contributed by atoms with van der Waals surface area (Å²) in [6.07, 6.45) is 4.88. The van der Waals surface area contributed by atoms with Crippen LogP contribution in [0.1, 0.15) is 39.0 Å². The van der Waals surface area contributed by atoms with Gasteiger partial charge >= 0.3 is 5.97 Å². The van der Waals surface area contributed by atoms with Gasteiger partial charge in [-0.3, -0.25) is 9.28 Å². The first-order valence-electron chi connectivity index (χ1n) is 7.07. The standard InChI is InChI=1S/C16H26NO2/c1-5-6-7-8-13-16(18)19-15-12-10-9-11-14(15)17(2,3)4/h9-12H,5-8,13H2,1-4H3/q+1. The van der Waals surface area contributed by atoms with Gasteiger partial charge < -0.3 is 4.74 Å². The average molecular weight is 264 g/mol. The summed E-state index contributed by atoms with van der Waals surface area (Å²) in [6, 6.07) is 7.73. The number of hydrogen-bond acceptors (Lipinski definition) is 2. The van der Waals surface area contributed by atoms with Crippen LogP contribution >= 0.6 is 0 Å². The Morgan fingerprint density at radius 1 is 1.11 bits per heavy atom. The molecule has 0 aromatic heterocycles. The molecule has 1 aromatic rings. The Morgan fingerprint density at radius 2 is 1.79 bits per heavy atom. The second-order valence-corrected chi connectivity index (χ2v) is 5.76. The first-order valence-corrected chi connectivity index (χ1v) is 7.07. The molecule has 3 nitrogen and oxygen atoms in total. The fourth-order valence-corrected chi connectivity index (χ4v) is 1.97. The molecule has 3 heteroatoms. The van der Waals surface area contributed by atoms with Gasteiger partial charge in [-0.25, -0.2) is 0 Å². The Bertz CT molecular complexity index is 407. The van der Waals surface area contributed by atoms with E-state index in [9.17, 15) is 4.79 Å².